The van der Waals surface area contributed by atoms with Gasteiger partial charge in [-0.1, -0.05) is 6.07 Å². The van der Waals surface area contributed by atoms with Gasteiger partial charge in [-0.25, -0.2) is 4.39 Å². The molecule has 0 radical (unpaired) electrons. The predicted molar refractivity (Wildman–Crippen MR) is 74.7 cm³/mol. The number of ether oxygens (including phenoxy) is 1. The van der Waals surface area contributed by atoms with Crippen LogP contribution in [-0.4, -0.2) is 37.0 Å². The van der Waals surface area contributed by atoms with Gasteiger partial charge in [0, 0.05) is 13.1 Å². The third-order valence-electron chi connectivity index (χ3n) is 3.43. The lowest BCUT2D eigenvalue weighted by atomic mass is 9.97. The highest BCUT2D eigenvalue weighted by molar-refractivity contribution is 9.10. The van der Waals surface area contributed by atoms with E-state index in [1.807, 2.05) is 0 Å². The summed E-state index contributed by atoms with van der Waals surface area (Å²) in [6.07, 6.45) is 1.40. The molecule has 1 fully saturated rings. The fraction of sp³-hybridized carbons (Fsp3) is 0.429. The number of rotatable bonds is 2. The number of piperidine rings is 1. The van der Waals surface area contributed by atoms with E-state index in [0.717, 1.165) is 0 Å². The molecule has 0 N–H and O–H groups in total. The summed E-state index contributed by atoms with van der Waals surface area (Å²) >= 11 is 3.06. The Morgan fingerprint density at radius 3 is 2.90 bits per heavy atom. The van der Waals surface area contributed by atoms with Crippen LogP contribution >= 0.6 is 15.9 Å². The predicted octanol–water partition coefficient (Wildman–Crippen LogP) is 2.61. The Morgan fingerprint density at radius 2 is 2.20 bits per heavy atom. The van der Waals surface area contributed by atoms with Crippen molar-refractivity contribution in [2.24, 2.45) is 5.92 Å². The van der Waals surface area contributed by atoms with E-state index in [1.54, 1.807) is 12.1 Å². The molecule has 0 bridgehead atoms. The zero-order valence-electron chi connectivity index (χ0n) is 11.1. The first-order valence-electron chi connectivity index (χ1n) is 6.35. The van der Waals surface area contributed by atoms with Crippen LogP contribution < -0.4 is 0 Å². The van der Waals surface area contributed by atoms with Gasteiger partial charge >= 0.3 is 5.97 Å². The van der Waals surface area contributed by atoms with Crippen LogP contribution in [0.4, 0.5) is 4.39 Å². The van der Waals surface area contributed by atoms with Crippen LogP contribution in [-0.2, 0) is 9.53 Å². The average Bonchev–Trinajstić information content (AvgIpc) is 2.48. The maximum atomic E-state index is 13.9. The van der Waals surface area contributed by atoms with E-state index in [0.29, 0.717) is 19.4 Å². The fourth-order valence-electron chi connectivity index (χ4n) is 2.36. The highest BCUT2D eigenvalue weighted by atomic mass is 79.9. The molecule has 0 aliphatic carbocycles. The third kappa shape index (κ3) is 3.00. The highest BCUT2D eigenvalue weighted by Crippen LogP contribution is 2.23. The van der Waals surface area contributed by atoms with E-state index in [-0.39, 0.29) is 28.5 Å². The Hall–Kier alpha value is -1.43. The highest BCUT2D eigenvalue weighted by Gasteiger charge is 2.30. The van der Waals surface area contributed by atoms with Gasteiger partial charge in [-0.3, -0.25) is 9.59 Å². The zero-order valence-corrected chi connectivity index (χ0v) is 12.7. The number of hydrogen-bond donors (Lipinski definition) is 0. The van der Waals surface area contributed by atoms with Crippen molar-refractivity contribution in [1.82, 2.24) is 4.90 Å². The summed E-state index contributed by atoms with van der Waals surface area (Å²) in [5, 5.41) is 0. The van der Waals surface area contributed by atoms with Crippen molar-refractivity contribution >= 4 is 27.8 Å². The molecule has 20 heavy (non-hydrogen) atoms. The van der Waals surface area contributed by atoms with Crippen molar-refractivity contribution in [3.05, 3.63) is 34.1 Å². The van der Waals surface area contributed by atoms with Crippen molar-refractivity contribution in [3.8, 4) is 0 Å². The number of amides is 1. The Morgan fingerprint density at radius 1 is 1.45 bits per heavy atom. The lowest BCUT2D eigenvalue weighted by molar-refractivity contribution is -0.146. The van der Waals surface area contributed by atoms with Gasteiger partial charge in [-0.2, -0.15) is 0 Å². The first kappa shape index (κ1) is 15.0. The largest absolute Gasteiger partial charge is 0.469 e. The fourth-order valence-corrected chi connectivity index (χ4v) is 2.73. The van der Waals surface area contributed by atoms with Gasteiger partial charge in [-0.15, -0.1) is 0 Å². The standard InChI is InChI=1S/C14H15BrFNO3/c1-20-14(19)9-4-3-7-17(8-9)13(18)10-5-2-6-11(15)12(10)16/h2,5-6,9H,3-4,7-8H2,1H3. The SMILES string of the molecule is COC(=O)C1CCCN(C(=O)c2cccc(Br)c2F)C1. The monoisotopic (exact) mass is 343 g/mol. The van der Waals surface area contributed by atoms with E-state index >= 15 is 0 Å². The van der Waals surface area contributed by atoms with Gasteiger partial charge in [0.1, 0.15) is 5.82 Å². The summed E-state index contributed by atoms with van der Waals surface area (Å²) < 4.78 is 18.9. The Kier molecular flexibility index (Phi) is 4.75. The first-order chi connectivity index (χ1) is 9.54. The molecule has 1 heterocycles. The number of esters is 1. The van der Waals surface area contributed by atoms with Gasteiger partial charge in [0.25, 0.3) is 5.91 Å². The number of likely N-dealkylation sites (tertiary alicyclic amines) is 1. The lowest BCUT2D eigenvalue weighted by Gasteiger charge is -2.31. The maximum absolute atomic E-state index is 13.9. The summed E-state index contributed by atoms with van der Waals surface area (Å²) in [4.78, 5) is 25.4. The van der Waals surface area contributed by atoms with Crippen LogP contribution in [0, 0.1) is 11.7 Å². The molecule has 0 aromatic heterocycles. The molecule has 1 aliphatic rings. The molecule has 2 rings (SSSR count). The molecule has 1 aromatic rings. The second-order valence-electron chi connectivity index (χ2n) is 4.71. The molecule has 1 amide bonds. The minimum atomic E-state index is -0.572. The molecular weight excluding hydrogens is 329 g/mol. The summed E-state index contributed by atoms with van der Waals surface area (Å²) in [5.74, 6) is -1.61. The minimum Gasteiger partial charge on any atom is -0.469 e. The number of hydrogen-bond acceptors (Lipinski definition) is 3. The quantitative estimate of drug-likeness (QED) is 0.775. The smallest absolute Gasteiger partial charge is 0.310 e. The first-order valence-corrected chi connectivity index (χ1v) is 7.15. The molecule has 0 saturated carbocycles. The van der Waals surface area contributed by atoms with Crippen molar-refractivity contribution in [1.29, 1.82) is 0 Å². The minimum absolute atomic E-state index is 0.0184. The summed E-state index contributed by atoms with van der Waals surface area (Å²) in [7, 11) is 1.33. The van der Waals surface area contributed by atoms with Crippen molar-refractivity contribution in [2.75, 3.05) is 20.2 Å². The van der Waals surface area contributed by atoms with Crippen LogP contribution in [0.5, 0.6) is 0 Å². The molecule has 6 heteroatoms. The topological polar surface area (TPSA) is 46.6 Å². The molecule has 1 atom stereocenters. The molecule has 108 valence electrons. The van der Waals surface area contributed by atoms with Crippen molar-refractivity contribution in [2.45, 2.75) is 12.8 Å². The average molecular weight is 344 g/mol. The van der Waals surface area contributed by atoms with E-state index in [1.165, 1.54) is 18.1 Å². The molecule has 1 saturated heterocycles. The molecule has 1 unspecified atom stereocenters. The number of benzene rings is 1. The van der Waals surface area contributed by atoms with Gasteiger partial charge in [-0.05, 0) is 40.9 Å². The van der Waals surface area contributed by atoms with Gasteiger partial charge in [0.05, 0.1) is 23.1 Å². The molecule has 0 spiro atoms. The number of methoxy groups -OCH3 is 1. The maximum Gasteiger partial charge on any atom is 0.310 e. The van der Waals surface area contributed by atoms with Crippen LogP contribution in [0.2, 0.25) is 0 Å². The second kappa shape index (κ2) is 6.35. The number of carbonyl (C=O) groups excluding carboxylic acids is 2. The van der Waals surface area contributed by atoms with E-state index in [2.05, 4.69) is 15.9 Å². The van der Waals surface area contributed by atoms with Gasteiger partial charge < -0.3 is 9.64 Å². The van der Waals surface area contributed by atoms with Crippen LogP contribution in [0.15, 0.2) is 22.7 Å². The Balaban J connectivity index is 2.16. The van der Waals surface area contributed by atoms with Crippen LogP contribution in [0.25, 0.3) is 0 Å². The van der Waals surface area contributed by atoms with Crippen LogP contribution in [0.3, 0.4) is 0 Å². The Bertz CT molecular complexity index is 535. The Labute approximate surface area is 125 Å². The van der Waals surface area contributed by atoms with Gasteiger partial charge in [0.15, 0.2) is 0 Å². The molecular formula is C14H15BrFNO3. The van der Waals surface area contributed by atoms with E-state index in [9.17, 15) is 14.0 Å². The lowest BCUT2D eigenvalue weighted by Crippen LogP contribution is -2.42. The normalized spacial score (nSPS) is 18.8. The number of carbonyl (C=O) groups is 2. The third-order valence-corrected chi connectivity index (χ3v) is 4.04. The summed E-state index contributed by atoms with van der Waals surface area (Å²) in [6, 6.07) is 4.60. The zero-order chi connectivity index (χ0) is 14.7. The number of halogens is 2. The van der Waals surface area contributed by atoms with Crippen molar-refractivity contribution < 1.29 is 18.7 Å². The van der Waals surface area contributed by atoms with Crippen molar-refractivity contribution in [3.63, 3.8) is 0 Å². The van der Waals surface area contributed by atoms with E-state index < -0.39 is 11.7 Å². The van der Waals surface area contributed by atoms with Crippen LogP contribution in [0.1, 0.15) is 23.2 Å². The van der Waals surface area contributed by atoms with Gasteiger partial charge in [0.2, 0.25) is 0 Å². The molecule has 4 nitrogen and oxygen atoms in total. The van der Waals surface area contributed by atoms with E-state index in [4.69, 9.17) is 4.74 Å². The number of nitrogens with zero attached hydrogens (tertiary/aromatic N) is 1. The summed E-state index contributed by atoms with van der Waals surface area (Å²) in [6.45, 7) is 0.801. The summed E-state index contributed by atoms with van der Waals surface area (Å²) in [5.41, 5.74) is 0.0184. The molecule has 1 aliphatic heterocycles. The molecule has 1 aromatic carbocycles. The second-order valence-corrected chi connectivity index (χ2v) is 5.57.